The van der Waals surface area contributed by atoms with Crippen LogP contribution in [0.15, 0.2) is 78.5 Å². The number of carbonyl (C=O) groups excluding carboxylic acids is 2. The van der Waals surface area contributed by atoms with Gasteiger partial charge in [0.05, 0.1) is 11.8 Å². The number of benzene rings is 2. The molecule has 1 atom stereocenters. The molecule has 1 aliphatic heterocycles. The second kappa shape index (κ2) is 11.7. The quantitative estimate of drug-likeness (QED) is 0.366. The van der Waals surface area contributed by atoms with E-state index in [0.717, 1.165) is 13.1 Å². The van der Waals surface area contributed by atoms with E-state index in [4.69, 9.17) is 0 Å². The number of carbonyl (C=O) groups is 2. The second-order valence-electron chi connectivity index (χ2n) is 8.29. The van der Waals surface area contributed by atoms with Crippen LogP contribution in [-0.4, -0.2) is 63.4 Å². The smallest absolute Gasteiger partial charge is 0.251 e. The summed E-state index contributed by atoms with van der Waals surface area (Å²) >= 11 is 1.36. The fraction of sp³-hybridized carbons (Fsp3) is 0.308. The Labute approximate surface area is 210 Å². The van der Waals surface area contributed by atoms with E-state index in [1.165, 1.54) is 17.4 Å². The maximum atomic E-state index is 12.9. The topological polar surface area (TPSA) is 83.4 Å². The minimum atomic E-state index is -0.355. The summed E-state index contributed by atoms with van der Waals surface area (Å²) in [4.78, 5) is 29.6. The highest BCUT2D eigenvalue weighted by Crippen LogP contribution is 2.22. The number of aromatic nitrogens is 3. The lowest BCUT2D eigenvalue weighted by Gasteiger charge is -2.36. The third-order valence-corrected chi connectivity index (χ3v) is 6.86. The second-order valence-corrected chi connectivity index (χ2v) is 9.24. The lowest BCUT2D eigenvalue weighted by molar-refractivity contribution is -0.128. The Bertz CT molecular complexity index is 1140. The molecular formula is C26H30N6O2S. The first-order valence-corrected chi connectivity index (χ1v) is 12.7. The number of hydrogen-bond acceptors (Lipinski definition) is 6. The van der Waals surface area contributed by atoms with Crippen molar-refractivity contribution in [3.8, 4) is 0 Å². The Morgan fingerprint density at radius 1 is 1.03 bits per heavy atom. The molecule has 0 bridgehead atoms. The number of hydrogen-bond donors (Lipinski definition) is 1. The summed E-state index contributed by atoms with van der Waals surface area (Å²) in [6, 6.07) is 19.0. The van der Waals surface area contributed by atoms with Gasteiger partial charge in [-0.3, -0.25) is 9.59 Å². The van der Waals surface area contributed by atoms with Crippen LogP contribution in [0.1, 0.15) is 29.1 Å². The van der Waals surface area contributed by atoms with Gasteiger partial charge in [-0.15, -0.1) is 16.8 Å². The first-order valence-electron chi connectivity index (χ1n) is 11.7. The molecule has 1 saturated heterocycles. The molecule has 1 fully saturated rings. The van der Waals surface area contributed by atoms with E-state index in [1.807, 2.05) is 52.8 Å². The first-order chi connectivity index (χ1) is 17.1. The molecule has 0 spiro atoms. The van der Waals surface area contributed by atoms with Crippen molar-refractivity contribution in [2.75, 3.05) is 36.8 Å². The fourth-order valence-corrected chi connectivity index (χ4v) is 4.89. The van der Waals surface area contributed by atoms with E-state index in [9.17, 15) is 9.59 Å². The summed E-state index contributed by atoms with van der Waals surface area (Å²) in [6.45, 7) is 9.21. The van der Waals surface area contributed by atoms with E-state index in [2.05, 4.69) is 39.1 Å². The molecular weight excluding hydrogens is 460 g/mol. The van der Waals surface area contributed by atoms with Crippen molar-refractivity contribution >= 4 is 29.3 Å². The predicted molar refractivity (Wildman–Crippen MR) is 139 cm³/mol. The van der Waals surface area contributed by atoms with Gasteiger partial charge in [-0.1, -0.05) is 54.2 Å². The lowest BCUT2D eigenvalue weighted by atomic mass is 10.2. The largest absolute Gasteiger partial charge is 0.368 e. The number of thioether (sulfide) groups is 1. The Balaban J connectivity index is 1.34. The van der Waals surface area contributed by atoms with Crippen molar-refractivity contribution in [3.63, 3.8) is 0 Å². The van der Waals surface area contributed by atoms with Crippen LogP contribution in [0, 0.1) is 0 Å². The van der Waals surface area contributed by atoms with Crippen molar-refractivity contribution in [3.05, 3.63) is 84.7 Å². The molecule has 35 heavy (non-hydrogen) atoms. The molecule has 2 amide bonds. The van der Waals surface area contributed by atoms with Gasteiger partial charge in [0.15, 0.2) is 11.0 Å². The van der Waals surface area contributed by atoms with Gasteiger partial charge in [-0.05, 0) is 31.2 Å². The number of nitrogens with zero attached hydrogens (tertiary/aromatic N) is 5. The number of amides is 2. The highest BCUT2D eigenvalue weighted by molar-refractivity contribution is 7.99. The van der Waals surface area contributed by atoms with E-state index in [-0.39, 0.29) is 23.6 Å². The van der Waals surface area contributed by atoms with Crippen LogP contribution in [0.2, 0.25) is 0 Å². The Morgan fingerprint density at radius 3 is 2.34 bits per heavy atom. The third-order valence-electron chi connectivity index (χ3n) is 5.91. The average molecular weight is 491 g/mol. The van der Waals surface area contributed by atoms with Crippen molar-refractivity contribution in [2.24, 2.45) is 0 Å². The number of para-hydroxylation sites is 1. The van der Waals surface area contributed by atoms with E-state index < -0.39 is 0 Å². The minimum absolute atomic E-state index is 0.0860. The summed E-state index contributed by atoms with van der Waals surface area (Å²) in [7, 11) is 0. The van der Waals surface area contributed by atoms with Gasteiger partial charge < -0.3 is 19.7 Å². The molecule has 9 heteroatoms. The zero-order valence-corrected chi connectivity index (χ0v) is 20.7. The molecule has 4 rings (SSSR count). The van der Waals surface area contributed by atoms with E-state index in [1.54, 1.807) is 18.2 Å². The maximum absolute atomic E-state index is 12.9. The average Bonchev–Trinajstić information content (AvgIpc) is 3.31. The van der Waals surface area contributed by atoms with Crippen LogP contribution in [-0.2, 0) is 11.3 Å². The normalized spacial score (nSPS) is 14.4. The molecule has 0 saturated carbocycles. The molecule has 2 heterocycles. The Morgan fingerprint density at radius 2 is 1.69 bits per heavy atom. The molecule has 1 N–H and O–H groups in total. The van der Waals surface area contributed by atoms with Crippen LogP contribution < -0.4 is 10.2 Å². The summed E-state index contributed by atoms with van der Waals surface area (Å²) in [5, 5.41) is 12.2. The van der Waals surface area contributed by atoms with Crippen LogP contribution in [0.5, 0.6) is 0 Å². The Kier molecular flexibility index (Phi) is 8.20. The van der Waals surface area contributed by atoms with Crippen LogP contribution in [0.4, 0.5) is 5.69 Å². The van der Waals surface area contributed by atoms with Gasteiger partial charge in [-0.2, -0.15) is 0 Å². The number of nitrogens with one attached hydrogen (secondary N) is 1. The highest BCUT2D eigenvalue weighted by atomic mass is 32.2. The highest BCUT2D eigenvalue weighted by Gasteiger charge is 2.24. The zero-order chi connectivity index (χ0) is 24.6. The zero-order valence-electron chi connectivity index (χ0n) is 19.8. The van der Waals surface area contributed by atoms with Crippen molar-refractivity contribution in [2.45, 2.75) is 24.7 Å². The minimum Gasteiger partial charge on any atom is -0.368 e. The summed E-state index contributed by atoms with van der Waals surface area (Å²) < 4.78 is 1.90. The van der Waals surface area contributed by atoms with Gasteiger partial charge in [0.1, 0.15) is 0 Å². The van der Waals surface area contributed by atoms with Crippen molar-refractivity contribution in [1.82, 2.24) is 25.0 Å². The number of piperazine rings is 1. The lowest BCUT2D eigenvalue weighted by Crippen LogP contribution is -2.49. The number of allylic oxidation sites excluding steroid dienone is 1. The Hall–Kier alpha value is -3.59. The molecule has 8 nitrogen and oxygen atoms in total. The standard InChI is InChI=1S/C26H30N6O2S/c1-3-14-32-24(20(2)27-25(34)21-10-6-4-7-11-21)28-29-26(32)35-19-23(33)31-17-15-30(16-18-31)22-12-8-5-9-13-22/h3-13,20H,1,14-19H2,2H3,(H,27,34)/t20-/m1/s1. The van der Waals surface area contributed by atoms with Crippen molar-refractivity contribution in [1.29, 1.82) is 0 Å². The fourth-order valence-electron chi connectivity index (χ4n) is 4.03. The van der Waals surface area contributed by atoms with E-state index in [0.29, 0.717) is 36.2 Å². The first kappa shape index (κ1) is 24.5. The summed E-state index contributed by atoms with van der Waals surface area (Å²) in [5.74, 6) is 0.819. The predicted octanol–water partition coefficient (Wildman–Crippen LogP) is 3.40. The van der Waals surface area contributed by atoms with Crippen molar-refractivity contribution < 1.29 is 9.59 Å². The van der Waals surface area contributed by atoms with Crippen LogP contribution in [0.25, 0.3) is 0 Å². The molecule has 0 unspecified atom stereocenters. The number of rotatable bonds is 9. The molecule has 1 aromatic heterocycles. The molecule has 182 valence electrons. The number of anilines is 1. The van der Waals surface area contributed by atoms with E-state index >= 15 is 0 Å². The van der Waals surface area contributed by atoms with Gasteiger partial charge in [-0.25, -0.2) is 0 Å². The molecule has 0 radical (unpaired) electrons. The summed E-state index contributed by atoms with van der Waals surface area (Å²) in [6.07, 6.45) is 1.76. The monoisotopic (exact) mass is 490 g/mol. The summed E-state index contributed by atoms with van der Waals surface area (Å²) in [5.41, 5.74) is 1.77. The van der Waals surface area contributed by atoms with Crippen LogP contribution in [0.3, 0.4) is 0 Å². The molecule has 1 aliphatic rings. The molecule has 0 aliphatic carbocycles. The van der Waals surface area contributed by atoms with Gasteiger partial charge in [0, 0.05) is 44.0 Å². The molecule has 3 aromatic rings. The van der Waals surface area contributed by atoms with Gasteiger partial charge in [0.25, 0.3) is 5.91 Å². The van der Waals surface area contributed by atoms with Crippen LogP contribution >= 0.6 is 11.8 Å². The third kappa shape index (κ3) is 6.10. The van der Waals surface area contributed by atoms with Gasteiger partial charge in [0.2, 0.25) is 5.91 Å². The van der Waals surface area contributed by atoms with Gasteiger partial charge >= 0.3 is 0 Å². The maximum Gasteiger partial charge on any atom is 0.251 e. The molecule has 2 aromatic carbocycles. The SMILES string of the molecule is C=CCn1c(SCC(=O)N2CCN(c3ccccc3)CC2)nnc1[C@@H](C)NC(=O)c1ccccc1.